The van der Waals surface area contributed by atoms with E-state index < -0.39 is 6.10 Å². The summed E-state index contributed by atoms with van der Waals surface area (Å²) < 4.78 is 7.56. The molecular formula is C30H35ClN2O4S. The van der Waals surface area contributed by atoms with Crippen LogP contribution < -0.4 is 0 Å². The minimum atomic E-state index is -0.431. The van der Waals surface area contributed by atoms with Crippen LogP contribution in [0.15, 0.2) is 78.2 Å². The lowest BCUT2D eigenvalue weighted by Gasteiger charge is -2.35. The van der Waals surface area contributed by atoms with Crippen molar-refractivity contribution in [2.45, 2.75) is 18.6 Å². The molecule has 1 saturated heterocycles. The van der Waals surface area contributed by atoms with Crippen LogP contribution in [0.3, 0.4) is 0 Å². The van der Waals surface area contributed by atoms with Gasteiger partial charge in [-0.25, -0.2) is 0 Å². The first-order valence-electron chi connectivity index (χ1n) is 12.9. The van der Waals surface area contributed by atoms with Gasteiger partial charge in [0, 0.05) is 44.0 Å². The summed E-state index contributed by atoms with van der Waals surface area (Å²) in [6.07, 6.45) is 0.0431. The first-order valence-corrected chi connectivity index (χ1v) is 13.7. The maximum Gasteiger partial charge on any atom is 0.115 e. The number of ether oxygens (including phenoxy) is 1. The Bertz CT molecular complexity index is 1230. The van der Waals surface area contributed by atoms with Crippen LogP contribution in [0, 0.1) is 0 Å². The van der Waals surface area contributed by atoms with Gasteiger partial charge in [0.2, 0.25) is 0 Å². The van der Waals surface area contributed by atoms with Crippen molar-refractivity contribution in [3.05, 3.63) is 94.9 Å². The number of aliphatic hydroxyl groups is 1. The van der Waals surface area contributed by atoms with Crippen LogP contribution in [0.25, 0.3) is 10.1 Å². The van der Waals surface area contributed by atoms with Gasteiger partial charge in [0.05, 0.1) is 12.7 Å². The molecule has 1 fully saturated rings. The van der Waals surface area contributed by atoms with Gasteiger partial charge in [0.25, 0.3) is 0 Å². The second-order valence-electron chi connectivity index (χ2n) is 9.61. The molecule has 0 bridgehead atoms. The summed E-state index contributed by atoms with van der Waals surface area (Å²) in [5.41, 5.74) is 2.98. The average molecular weight is 555 g/mol. The number of aliphatic hydroxyl groups excluding tert-OH is 1. The summed E-state index contributed by atoms with van der Waals surface area (Å²) in [6.45, 7) is 6.22. The van der Waals surface area contributed by atoms with Crippen molar-refractivity contribution in [2.75, 3.05) is 45.9 Å². The standard InChI is InChI=1S/C30H34N2O4S.ClH/c33-24-9-5-22(6-10-24)30(23-7-11-25(34)12-8-23)36-20-19-32-17-15-31(16-18-32)14-13-28(35)27-21-37-29-4-2-1-3-26(27)29;/h1-12,21,28,30,33-35H,13-20H2;1H. The van der Waals surface area contributed by atoms with Crippen molar-refractivity contribution in [1.82, 2.24) is 9.80 Å². The van der Waals surface area contributed by atoms with Crippen LogP contribution in [-0.4, -0.2) is 71.0 Å². The molecule has 1 unspecified atom stereocenters. The van der Waals surface area contributed by atoms with Crippen molar-refractivity contribution >= 4 is 33.8 Å². The molecule has 3 aromatic carbocycles. The normalized spacial score (nSPS) is 15.5. The molecule has 2 heterocycles. The molecule has 38 heavy (non-hydrogen) atoms. The molecule has 202 valence electrons. The van der Waals surface area contributed by atoms with Crippen LogP contribution in [0.1, 0.15) is 35.3 Å². The van der Waals surface area contributed by atoms with Gasteiger partial charge in [-0.15, -0.1) is 23.7 Å². The topological polar surface area (TPSA) is 76.4 Å². The third-order valence-corrected chi connectivity index (χ3v) is 8.12. The summed E-state index contributed by atoms with van der Waals surface area (Å²) in [6, 6.07) is 22.5. The predicted molar refractivity (Wildman–Crippen MR) is 156 cm³/mol. The molecule has 1 aliphatic rings. The van der Waals surface area contributed by atoms with Gasteiger partial charge >= 0.3 is 0 Å². The number of phenolic OH excluding ortho intramolecular Hbond substituents is 2. The first kappa shape index (κ1) is 28.4. The fourth-order valence-electron chi connectivity index (χ4n) is 4.94. The van der Waals surface area contributed by atoms with E-state index in [0.29, 0.717) is 6.61 Å². The molecule has 1 atom stereocenters. The Hall–Kier alpha value is -2.65. The lowest BCUT2D eigenvalue weighted by Crippen LogP contribution is -2.47. The van der Waals surface area contributed by atoms with E-state index in [2.05, 4.69) is 27.3 Å². The summed E-state index contributed by atoms with van der Waals surface area (Å²) in [4.78, 5) is 4.86. The van der Waals surface area contributed by atoms with E-state index in [9.17, 15) is 15.3 Å². The van der Waals surface area contributed by atoms with Crippen LogP contribution in [-0.2, 0) is 4.74 Å². The molecule has 1 aliphatic heterocycles. The Kier molecular flexibility index (Phi) is 10.0. The second kappa shape index (κ2) is 13.4. The fraction of sp³-hybridized carbons (Fsp3) is 0.333. The minimum Gasteiger partial charge on any atom is -0.508 e. The van der Waals surface area contributed by atoms with Crippen molar-refractivity contribution in [3.63, 3.8) is 0 Å². The Morgan fingerprint density at radius 3 is 1.92 bits per heavy atom. The lowest BCUT2D eigenvalue weighted by molar-refractivity contribution is 0.0427. The Balaban J connectivity index is 0.00000336. The number of hydrogen-bond acceptors (Lipinski definition) is 7. The van der Waals surface area contributed by atoms with Crippen molar-refractivity contribution < 1.29 is 20.1 Å². The number of rotatable bonds is 10. The number of piperazine rings is 1. The molecule has 4 aromatic rings. The molecule has 5 rings (SSSR count). The third-order valence-electron chi connectivity index (χ3n) is 7.14. The number of nitrogens with zero attached hydrogens (tertiary/aromatic N) is 2. The number of aromatic hydroxyl groups is 2. The van der Waals surface area contributed by atoms with Gasteiger partial charge in [0.1, 0.15) is 17.6 Å². The van der Waals surface area contributed by atoms with E-state index >= 15 is 0 Å². The van der Waals surface area contributed by atoms with Crippen LogP contribution in [0.2, 0.25) is 0 Å². The first-order chi connectivity index (χ1) is 18.1. The minimum absolute atomic E-state index is 0. The van der Waals surface area contributed by atoms with E-state index in [1.54, 1.807) is 35.6 Å². The molecule has 8 heteroatoms. The Morgan fingerprint density at radius 1 is 0.763 bits per heavy atom. The van der Waals surface area contributed by atoms with E-state index in [-0.39, 0.29) is 30.0 Å². The molecule has 6 nitrogen and oxygen atoms in total. The van der Waals surface area contributed by atoms with E-state index in [1.807, 2.05) is 36.4 Å². The van der Waals surface area contributed by atoms with E-state index in [4.69, 9.17) is 4.74 Å². The quantitative estimate of drug-likeness (QED) is 0.237. The molecule has 0 amide bonds. The molecule has 0 spiro atoms. The highest BCUT2D eigenvalue weighted by Gasteiger charge is 2.20. The highest BCUT2D eigenvalue weighted by atomic mass is 35.5. The SMILES string of the molecule is Cl.Oc1ccc(C(OCCN2CCN(CCC(O)c3csc4ccccc34)CC2)c2ccc(O)cc2)cc1. The van der Waals surface area contributed by atoms with Gasteiger partial charge in [-0.3, -0.25) is 4.90 Å². The van der Waals surface area contributed by atoms with Gasteiger partial charge in [-0.05, 0) is 64.2 Å². The second-order valence-corrected chi connectivity index (χ2v) is 10.5. The van der Waals surface area contributed by atoms with Gasteiger partial charge in [0.15, 0.2) is 0 Å². The number of fused-ring (bicyclic) bond motifs is 1. The molecule has 0 aliphatic carbocycles. The van der Waals surface area contributed by atoms with E-state index in [0.717, 1.165) is 62.4 Å². The van der Waals surface area contributed by atoms with Crippen molar-refractivity contribution in [2.24, 2.45) is 0 Å². The number of halogens is 1. The summed E-state index contributed by atoms with van der Waals surface area (Å²) in [7, 11) is 0. The maximum absolute atomic E-state index is 10.8. The largest absolute Gasteiger partial charge is 0.508 e. The van der Waals surface area contributed by atoms with Crippen LogP contribution >= 0.6 is 23.7 Å². The molecular weight excluding hydrogens is 520 g/mol. The highest BCUT2D eigenvalue weighted by molar-refractivity contribution is 7.17. The monoisotopic (exact) mass is 554 g/mol. The zero-order valence-electron chi connectivity index (χ0n) is 21.3. The van der Waals surface area contributed by atoms with Gasteiger partial charge in [-0.1, -0.05) is 42.5 Å². The molecule has 0 saturated carbocycles. The van der Waals surface area contributed by atoms with Crippen LogP contribution in [0.5, 0.6) is 11.5 Å². The third kappa shape index (κ3) is 7.05. The van der Waals surface area contributed by atoms with Crippen molar-refractivity contribution in [3.8, 4) is 11.5 Å². The highest BCUT2D eigenvalue weighted by Crippen LogP contribution is 2.32. The number of benzene rings is 3. The summed E-state index contributed by atoms with van der Waals surface area (Å²) >= 11 is 1.70. The Morgan fingerprint density at radius 2 is 1.32 bits per heavy atom. The lowest BCUT2D eigenvalue weighted by atomic mass is 10.0. The molecule has 3 N–H and O–H groups in total. The fourth-order valence-corrected chi connectivity index (χ4v) is 5.94. The number of hydrogen-bond donors (Lipinski definition) is 3. The van der Waals surface area contributed by atoms with Crippen molar-refractivity contribution in [1.29, 1.82) is 0 Å². The van der Waals surface area contributed by atoms with Crippen LogP contribution in [0.4, 0.5) is 0 Å². The Labute approximate surface area is 234 Å². The van der Waals surface area contributed by atoms with Gasteiger partial charge in [-0.2, -0.15) is 0 Å². The van der Waals surface area contributed by atoms with E-state index in [1.165, 1.54) is 10.1 Å². The zero-order valence-corrected chi connectivity index (χ0v) is 22.9. The summed E-state index contributed by atoms with van der Waals surface area (Å²) in [5, 5.41) is 33.4. The summed E-state index contributed by atoms with van der Waals surface area (Å²) in [5.74, 6) is 0.449. The average Bonchev–Trinajstić information content (AvgIpc) is 3.36. The predicted octanol–water partition coefficient (Wildman–Crippen LogP) is 5.58. The van der Waals surface area contributed by atoms with Gasteiger partial charge < -0.3 is 25.0 Å². The maximum atomic E-state index is 10.8. The molecule has 1 aromatic heterocycles. The number of phenols is 2. The smallest absolute Gasteiger partial charge is 0.115 e. The molecule has 0 radical (unpaired) electrons. The number of thiophene rings is 1. The zero-order chi connectivity index (χ0) is 25.6.